The summed E-state index contributed by atoms with van der Waals surface area (Å²) in [6, 6.07) is 3.50. The van der Waals surface area contributed by atoms with Crippen molar-refractivity contribution in [2.24, 2.45) is 0 Å². The molecule has 1 aromatic carbocycles. The maximum Gasteiger partial charge on any atom is 0.317 e. The van der Waals surface area contributed by atoms with Crippen molar-refractivity contribution >= 4 is 11.7 Å². The first-order valence-corrected chi connectivity index (χ1v) is 8.66. The van der Waals surface area contributed by atoms with Gasteiger partial charge in [0.1, 0.15) is 11.6 Å². The molecule has 138 valence electrons. The van der Waals surface area contributed by atoms with Crippen LogP contribution in [0.5, 0.6) is 0 Å². The Hall–Kier alpha value is -1.93. The Morgan fingerprint density at radius 1 is 1.08 bits per heavy atom. The van der Waals surface area contributed by atoms with Crippen LogP contribution in [0.25, 0.3) is 0 Å². The summed E-state index contributed by atoms with van der Waals surface area (Å²) >= 11 is 0. The summed E-state index contributed by atoms with van der Waals surface area (Å²) in [6.45, 7) is 6.79. The fourth-order valence-corrected chi connectivity index (χ4v) is 3.15. The second-order valence-electron chi connectivity index (χ2n) is 6.26. The summed E-state index contributed by atoms with van der Waals surface area (Å²) < 4.78 is 32.1. The van der Waals surface area contributed by atoms with Gasteiger partial charge in [-0.25, -0.2) is 13.6 Å². The zero-order valence-electron chi connectivity index (χ0n) is 14.2. The third-order valence-corrected chi connectivity index (χ3v) is 4.63. The standard InChI is InChI=1S/C17H24F2N4O2/c18-14-1-2-16(15(19)13-14)22-5-7-23(8-6-22)17(24)20-3-4-21-9-11-25-12-10-21/h1-2,13H,3-12H2,(H,20,24). The van der Waals surface area contributed by atoms with E-state index in [-0.39, 0.29) is 6.03 Å². The van der Waals surface area contributed by atoms with Crippen LogP contribution in [0.15, 0.2) is 18.2 Å². The third-order valence-electron chi connectivity index (χ3n) is 4.63. The Labute approximate surface area is 146 Å². The number of benzene rings is 1. The van der Waals surface area contributed by atoms with Crippen molar-refractivity contribution in [1.82, 2.24) is 15.1 Å². The molecule has 1 aromatic rings. The van der Waals surface area contributed by atoms with E-state index in [1.54, 1.807) is 4.90 Å². The minimum atomic E-state index is -0.584. The molecular formula is C17H24F2N4O2. The van der Waals surface area contributed by atoms with Crippen molar-refractivity contribution in [3.05, 3.63) is 29.8 Å². The first-order valence-electron chi connectivity index (χ1n) is 8.66. The highest BCUT2D eigenvalue weighted by molar-refractivity contribution is 5.74. The first-order chi connectivity index (χ1) is 12.1. The summed E-state index contributed by atoms with van der Waals surface area (Å²) in [5.41, 5.74) is 0.383. The number of carbonyl (C=O) groups excluding carboxylic acids is 1. The number of anilines is 1. The molecule has 25 heavy (non-hydrogen) atoms. The van der Waals surface area contributed by atoms with E-state index in [1.807, 2.05) is 4.90 Å². The third kappa shape index (κ3) is 4.79. The molecule has 6 nitrogen and oxygen atoms in total. The molecule has 8 heteroatoms. The second-order valence-corrected chi connectivity index (χ2v) is 6.26. The lowest BCUT2D eigenvalue weighted by molar-refractivity contribution is 0.0386. The zero-order chi connectivity index (χ0) is 17.6. The van der Waals surface area contributed by atoms with E-state index in [9.17, 15) is 13.6 Å². The van der Waals surface area contributed by atoms with E-state index in [2.05, 4.69) is 10.2 Å². The number of ether oxygens (including phenoxy) is 1. The van der Waals surface area contributed by atoms with Crippen LogP contribution in [0.2, 0.25) is 0 Å². The lowest BCUT2D eigenvalue weighted by Crippen LogP contribution is -2.53. The van der Waals surface area contributed by atoms with Crippen molar-refractivity contribution in [3.63, 3.8) is 0 Å². The van der Waals surface area contributed by atoms with E-state index in [1.165, 1.54) is 12.1 Å². The van der Waals surface area contributed by atoms with Gasteiger partial charge in [0.05, 0.1) is 18.9 Å². The van der Waals surface area contributed by atoms with Gasteiger partial charge in [0, 0.05) is 58.4 Å². The number of nitrogens with zero attached hydrogens (tertiary/aromatic N) is 3. The number of morpholine rings is 1. The van der Waals surface area contributed by atoms with Crippen LogP contribution >= 0.6 is 0 Å². The minimum absolute atomic E-state index is 0.0903. The molecule has 2 heterocycles. The molecule has 2 amide bonds. The van der Waals surface area contributed by atoms with Crippen molar-refractivity contribution in [3.8, 4) is 0 Å². The van der Waals surface area contributed by atoms with Gasteiger partial charge in [0.2, 0.25) is 0 Å². The normalized spacial score (nSPS) is 19.1. The van der Waals surface area contributed by atoms with E-state index in [0.717, 1.165) is 38.9 Å². The summed E-state index contributed by atoms with van der Waals surface area (Å²) in [5.74, 6) is -1.15. The quantitative estimate of drug-likeness (QED) is 0.881. The van der Waals surface area contributed by atoms with Gasteiger partial charge in [-0.1, -0.05) is 0 Å². The average Bonchev–Trinajstić information content (AvgIpc) is 2.63. The molecule has 2 aliphatic rings. The molecule has 3 rings (SSSR count). The van der Waals surface area contributed by atoms with Gasteiger partial charge < -0.3 is 19.9 Å². The van der Waals surface area contributed by atoms with Crippen LogP contribution in [-0.4, -0.2) is 81.4 Å². The molecule has 0 aliphatic carbocycles. The molecule has 0 aromatic heterocycles. The van der Waals surface area contributed by atoms with Crippen LogP contribution in [0.4, 0.5) is 19.3 Å². The number of hydrogen-bond donors (Lipinski definition) is 1. The number of rotatable bonds is 4. The Kier molecular flexibility index (Phi) is 6.04. The van der Waals surface area contributed by atoms with Gasteiger partial charge in [-0.2, -0.15) is 0 Å². The zero-order valence-corrected chi connectivity index (χ0v) is 14.2. The second kappa shape index (κ2) is 8.44. The van der Waals surface area contributed by atoms with E-state index in [0.29, 0.717) is 38.4 Å². The highest BCUT2D eigenvalue weighted by atomic mass is 19.1. The number of amides is 2. The predicted molar refractivity (Wildman–Crippen MR) is 90.8 cm³/mol. The Balaban J connectivity index is 1.41. The Morgan fingerprint density at radius 3 is 2.48 bits per heavy atom. The molecular weight excluding hydrogens is 330 g/mol. The van der Waals surface area contributed by atoms with Crippen molar-refractivity contribution < 1.29 is 18.3 Å². The summed E-state index contributed by atoms with van der Waals surface area (Å²) in [7, 11) is 0. The number of halogens is 2. The van der Waals surface area contributed by atoms with E-state index < -0.39 is 11.6 Å². The fraction of sp³-hybridized carbons (Fsp3) is 0.588. The largest absolute Gasteiger partial charge is 0.379 e. The highest BCUT2D eigenvalue weighted by Crippen LogP contribution is 2.21. The summed E-state index contributed by atoms with van der Waals surface area (Å²) in [5, 5.41) is 2.94. The SMILES string of the molecule is O=C(NCCN1CCOCC1)N1CCN(c2ccc(F)cc2F)CC1. The first kappa shape index (κ1) is 17.9. The fourth-order valence-electron chi connectivity index (χ4n) is 3.15. The monoisotopic (exact) mass is 354 g/mol. The molecule has 1 N–H and O–H groups in total. The summed E-state index contributed by atoms with van der Waals surface area (Å²) in [4.78, 5) is 18.1. The van der Waals surface area contributed by atoms with Crippen LogP contribution < -0.4 is 10.2 Å². The van der Waals surface area contributed by atoms with Crippen LogP contribution in [0.3, 0.4) is 0 Å². The topological polar surface area (TPSA) is 48.1 Å². The highest BCUT2D eigenvalue weighted by Gasteiger charge is 2.23. The van der Waals surface area contributed by atoms with Gasteiger partial charge in [-0.05, 0) is 12.1 Å². The van der Waals surface area contributed by atoms with Gasteiger partial charge in [0.15, 0.2) is 0 Å². The molecule has 0 saturated carbocycles. The maximum absolute atomic E-state index is 13.8. The molecule has 0 radical (unpaired) electrons. The molecule has 0 unspecified atom stereocenters. The lowest BCUT2D eigenvalue weighted by atomic mass is 10.2. The minimum Gasteiger partial charge on any atom is -0.379 e. The molecule has 2 saturated heterocycles. The molecule has 0 bridgehead atoms. The number of piperazine rings is 1. The smallest absolute Gasteiger partial charge is 0.317 e. The van der Waals surface area contributed by atoms with Gasteiger partial charge in [-0.15, -0.1) is 0 Å². The van der Waals surface area contributed by atoms with Crippen molar-refractivity contribution in [2.45, 2.75) is 0 Å². The van der Waals surface area contributed by atoms with Gasteiger partial charge in [-0.3, -0.25) is 4.90 Å². The van der Waals surface area contributed by atoms with Crippen LogP contribution in [0, 0.1) is 11.6 Å². The number of nitrogens with one attached hydrogen (secondary N) is 1. The molecule has 2 aliphatic heterocycles. The van der Waals surface area contributed by atoms with Gasteiger partial charge in [0.25, 0.3) is 0 Å². The van der Waals surface area contributed by atoms with Crippen LogP contribution in [0.1, 0.15) is 0 Å². The van der Waals surface area contributed by atoms with E-state index >= 15 is 0 Å². The summed E-state index contributed by atoms with van der Waals surface area (Å²) in [6.07, 6.45) is 0. The molecule has 0 atom stereocenters. The lowest BCUT2D eigenvalue weighted by Gasteiger charge is -2.36. The number of urea groups is 1. The molecule has 0 spiro atoms. The Bertz CT molecular complexity index is 588. The van der Waals surface area contributed by atoms with E-state index in [4.69, 9.17) is 4.74 Å². The average molecular weight is 354 g/mol. The molecule has 2 fully saturated rings. The number of carbonyl (C=O) groups is 1. The van der Waals surface area contributed by atoms with Crippen molar-refractivity contribution in [2.75, 3.05) is 70.5 Å². The number of hydrogen-bond acceptors (Lipinski definition) is 4. The van der Waals surface area contributed by atoms with Gasteiger partial charge >= 0.3 is 6.03 Å². The van der Waals surface area contributed by atoms with Crippen molar-refractivity contribution in [1.29, 1.82) is 0 Å². The predicted octanol–water partition coefficient (Wildman–Crippen LogP) is 1.13. The Morgan fingerprint density at radius 2 is 1.80 bits per heavy atom. The van der Waals surface area contributed by atoms with Crippen LogP contribution in [-0.2, 0) is 4.74 Å². The maximum atomic E-state index is 13.8.